The molecule has 4 aromatic rings. The van der Waals surface area contributed by atoms with E-state index in [1.54, 1.807) is 24.3 Å². The molecular formula is C29H20F10N2O3. The molecule has 0 fully saturated rings. The molecule has 0 spiro atoms. The van der Waals surface area contributed by atoms with Crippen molar-refractivity contribution in [2.75, 3.05) is 0 Å². The van der Waals surface area contributed by atoms with Crippen LogP contribution in [0.5, 0.6) is 0 Å². The molecule has 1 aromatic heterocycles. The highest BCUT2D eigenvalue weighted by molar-refractivity contribution is 5.91. The monoisotopic (exact) mass is 634 g/mol. The fraction of sp³-hybridized carbons (Fsp3) is 0.241. The van der Waals surface area contributed by atoms with Gasteiger partial charge in [0.1, 0.15) is 5.54 Å². The van der Waals surface area contributed by atoms with E-state index in [0.717, 1.165) is 6.92 Å². The number of aromatic amines is 1. The van der Waals surface area contributed by atoms with Gasteiger partial charge in [-0.05, 0) is 31.4 Å². The third-order valence-electron chi connectivity index (χ3n) is 7.36. The molecule has 0 aliphatic rings. The third-order valence-corrected chi connectivity index (χ3v) is 7.36. The van der Waals surface area contributed by atoms with Crippen molar-refractivity contribution in [2.24, 2.45) is 5.41 Å². The Morgan fingerprint density at radius 1 is 0.682 bits per heavy atom. The van der Waals surface area contributed by atoms with E-state index in [9.17, 15) is 58.6 Å². The van der Waals surface area contributed by atoms with Crippen LogP contribution in [-0.4, -0.2) is 27.5 Å². The Morgan fingerprint density at radius 2 is 1.09 bits per heavy atom. The van der Waals surface area contributed by atoms with Crippen molar-refractivity contribution in [3.8, 4) is 0 Å². The number of amides is 1. The Hall–Kier alpha value is -4.56. The lowest BCUT2D eigenvalue weighted by Gasteiger charge is -2.34. The van der Waals surface area contributed by atoms with Gasteiger partial charge in [-0.3, -0.25) is 4.79 Å². The number of H-pyrrole nitrogens is 1. The molecule has 3 N–H and O–H groups in total. The molecule has 0 saturated carbocycles. The fourth-order valence-corrected chi connectivity index (χ4v) is 4.85. The van der Waals surface area contributed by atoms with Crippen molar-refractivity contribution in [1.29, 1.82) is 0 Å². The number of aromatic nitrogens is 1. The summed E-state index contributed by atoms with van der Waals surface area (Å²) in [5, 5.41) is 12.6. The SMILES string of the molecule is CC(Cc1c(F)c(F)c(F)c(F)c1F)(Cc1c(F)c(F)c(F)c(F)c1F)C(=O)N[C@](C)(Cc1c[nH]c2ccccc12)C(=O)O. The van der Waals surface area contributed by atoms with Gasteiger partial charge in [-0.25, -0.2) is 48.7 Å². The zero-order valence-electron chi connectivity index (χ0n) is 22.6. The van der Waals surface area contributed by atoms with Crippen LogP contribution in [0.1, 0.15) is 30.5 Å². The first-order valence-electron chi connectivity index (χ1n) is 12.5. The molecule has 4 rings (SSSR count). The number of carbonyl (C=O) groups is 2. The van der Waals surface area contributed by atoms with Gasteiger partial charge in [0.15, 0.2) is 46.5 Å². The van der Waals surface area contributed by atoms with E-state index in [4.69, 9.17) is 0 Å². The predicted molar refractivity (Wildman–Crippen MR) is 134 cm³/mol. The lowest BCUT2D eigenvalue weighted by Crippen LogP contribution is -2.58. The average Bonchev–Trinajstić information content (AvgIpc) is 3.39. The van der Waals surface area contributed by atoms with Crippen LogP contribution in [0.25, 0.3) is 10.9 Å². The number of nitrogens with one attached hydrogen (secondary N) is 2. The maximum atomic E-state index is 14.7. The third kappa shape index (κ3) is 5.46. The Bertz CT molecular complexity index is 1690. The number of carboxylic acids is 1. The normalized spacial score (nSPS) is 13.3. The van der Waals surface area contributed by atoms with Crippen molar-refractivity contribution < 1.29 is 58.6 Å². The zero-order chi connectivity index (χ0) is 32.9. The molecule has 44 heavy (non-hydrogen) atoms. The molecule has 0 unspecified atom stereocenters. The summed E-state index contributed by atoms with van der Waals surface area (Å²) < 4.78 is 142. The van der Waals surface area contributed by atoms with Gasteiger partial charge in [-0.2, -0.15) is 0 Å². The number of para-hydroxylation sites is 1. The summed E-state index contributed by atoms with van der Waals surface area (Å²) in [6.45, 7) is 1.67. The van der Waals surface area contributed by atoms with Crippen LogP contribution >= 0.6 is 0 Å². The van der Waals surface area contributed by atoms with Crippen molar-refractivity contribution in [1.82, 2.24) is 10.3 Å². The summed E-state index contributed by atoms with van der Waals surface area (Å²) >= 11 is 0. The smallest absolute Gasteiger partial charge is 0.329 e. The van der Waals surface area contributed by atoms with Crippen LogP contribution in [0.2, 0.25) is 0 Å². The zero-order valence-corrected chi connectivity index (χ0v) is 22.6. The largest absolute Gasteiger partial charge is 0.480 e. The molecule has 0 aliphatic carbocycles. The molecule has 0 aliphatic heterocycles. The molecule has 234 valence electrons. The van der Waals surface area contributed by atoms with Gasteiger partial charge < -0.3 is 15.4 Å². The number of halogens is 10. The Labute approximate surface area is 241 Å². The molecule has 1 heterocycles. The van der Waals surface area contributed by atoms with E-state index in [2.05, 4.69) is 10.3 Å². The number of fused-ring (bicyclic) bond motifs is 1. The van der Waals surface area contributed by atoms with Gasteiger partial charge in [-0.1, -0.05) is 25.1 Å². The number of hydrogen-bond acceptors (Lipinski definition) is 2. The highest BCUT2D eigenvalue weighted by Gasteiger charge is 2.45. The Balaban J connectivity index is 1.84. The summed E-state index contributed by atoms with van der Waals surface area (Å²) in [4.78, 5) is 29.0. The predicted octanol–water partition coefficient (Wildman–Crippen LogP) is 6.55. The van der Waals surface area contributed by atoms with E-state index in [0.29, 0.717) is 23.4 Å². The van der Waals surface area contributed by atoms with Crippen LogP contribution in [-0.2, 0) is 28.9 Å². The number of hydrogen-bond donors (Lipinski definition) is 3. The van der Waals surface area contributed by atoms with Crippen LogP contribution in [0.4, 0.5) is 43.9 Å². The van der Waals surface area contributed by atoms with Gasteiger partial charge in [0, 0.05) is 34.6 Å². The van der Waals surface area contributed by atoms with Crippen LogP contribution < -0.4 is 5.32 Å². The maximum Gasteiger partial charge on any atom is 0.329 e. The standard InChI is InChI=1S/C29H20F10N2O3/c1-28(8-13-16(30)20(34)24(38)21(35)17(13)31,9-14-18(32)22(36)25(39)23(37)19(14)33)26(42)41-29(2,27(43)44)7-11-10-40-15-6-4-3-5-12(11)15/h3-6,10,40H,7-9H2,1-2H3,(H,41,42)(H,43,44)/t29-/m1/s1. The summed E-state index contributed by atoms with van der Waals surface area (Å²) in [7, 11) is 0. The molecule has 15 heteroatoms. The number of carboxylic acid groups (broad SMARTS) is 1. The summed E-state index contributed by atoms with van der Waals surface area (Å²) in [6.07, 6.45) is -2.18. The van der Waals surface area contributed by atoms with Gasteiger partial charge in [0.05, 0.1) is 5.41 Å². The minimum Gasteiger partial charge on any atom is -0.480 e. The molecule has 1 amide bonds. The van der Waals surface area contributed by atoms with Crippen LogP contribution in [0, 0.1) is 63.6 Å². The molecule has 0 radical (unpaired) electrons. The molecule has 5 nitrogen and oxygen atoms in total. The topological polar surface area (TPSA) is 82.2 Å². The minimum atomic E-state index is -2.78. The Morgan fingerprint density at radius 3 is 1.52 bits per heavy atom. The van der Waals surface area contributed by atoms with E-state index < -0.39 is 111 Å². The average molecular weight is 634 g/mol. The lowest BCUT2D eigenvalue weighted by atomic mass is 9.76. The van der Waals surface area contributed by atoms with Gasteiger partial charge >= 0.3 is 5.97 Å². The first-order valence-corrected chi connectivity index (χ1v) is 12.5. The second-order valence-corrected chi connectivity index (χ2v) is 10.6. The second-order valence-electron chi connectivity index (χ2n) is 10.6. The molecular weight excluding hydrogens is 614 g/mol. The molecule has 0 bridgehead atoms. The van der Waals surface area contributed by atoms with Gasteiger partial charge in [-0.15, -0.1) is 0 Å². The van der Waals surface area contributed by atoms with E-state index in [1.165, 1.54) is 6.20 Å². The molecule has 1 atom stereocenters. The first kappa shape index (κ1) is 32.4. The highest BCUT2D eigenvalue weighted by Crippen LogP contribution is 2.36. The van der Waals surface area contributed by atoms with Crippen LogP contribution in [0.15, 0.2) is 30.5 Å². The first-order chi connectivity index (χ1) is 20.4. The summed E-state index contributed by atoms with van der Waals surface area (Å²) in [5.74, 6) is -27.9. The van der Waals surface area contributed by atoms with E-state index in [-0.39, 0.29) is 0 Å². The summed E-state index contributed by atoms with van der Waals surface area (Å²) in [5.41, 5.74) is -7.48. The van der Waals surface area contributed by atoms with E-state index >= 15 is 0 Å². The number of benzene rings is 3. The number of rotatable bonds is 9. The Kier molecular flexibility index (Phi) is 8.46. The van der Waals surface area contributed by atoms with Gasteiger partial charge in [0.25, 0.3) is 0 Å². The fourth-order valence-electron chi connectivity index (χ4n) is 4.85. The second kappa shape index (κ2) is 11.5. The quantitative estimate of drug-likeness (QED) is 0.111. The highest BCUT2D eigenvalue weighted by atomic mass is 19.2. The van der Waals surface area contributed by atoms with Gasteiger partial charge in [0.2, 0.25) is 17.5 Å². The van der Waals surface area contributed by atoms with E-state index in [1.807, 2.05) is 0 Å². The molecule has 0 saturated heterocycles. The number of aliphatic carboxylic acids is 1. The van der Waals surface area contributed by atoms with Crippen molar-refractivity contribution in [3.63, 3.8) is 0 Å². The lowest BCUT2D eigenvalue weighted by molar-refractivity contribution is -0.148. The minimum absolute atomic E-state index is 0.340. The van der Waals surface area contributed by atoms with Crippen molar-refractivity contribution >= 4 is 22.8 Å². The molecule has 3 aromatic carbocycles. The summed E-state index contributed by atoms with van der Waals surface area (Å²) in [6, 6.07) is 6.56. The van der Waals surface area contributed by atoms with Crippen molar-refractivity contribution in [3.05, 3.63) is 105 Å². The number of carbonyl (C=O) groups excluding carboxylic acids is 1. The maximum absolute atomic E-state index is 14.7. The van der Waals surface area contributed by atoms with Crippen molar-refractivity contribution in [2.45, 2.75) is 38.6 Å². The van der Waals surface area contributed by atoms with Crippen LogP contribution in [0.3, 0.4) is 0 Å².